The van der Waals surface area contributed by atoms with Crippen molar-refractivity contribution in [2.24, 2.45) is 0 Å². The summed E-state index contributed by atoms with van der Waals surface area (Å²) in [6, 6.07) is 11.3. The van der Waals surface area contributed by atoms with Gasteiger partial charge in [-0.1, -0.05) is 26.0 Å². The number of methoxy groups -OCH3 is 2. The zero-order chi connectivity index (χ0) is 20.8. The predicted molar refractivity (Wildman–Crippen MR) is 111 cm³/mol. The molecule has 1 amide bonds. The van der Waals surface area contributed by atoms with E-state index in [1.54, 1.807) is 33.3 Å². The first-order valence-corrected chi connectivity index (χ1v) is 9.56. The first-order chi connectivity index (χ1) is 13.3. The van der Waals surface area contributed by atoms with E-state index in [0.29, 0.717) is 17.4 Å². The molecule has 152 valence electrons. The van der Waals surface area contributed by atoms with E-state index in [1.165, 1.54) is 0 Å². The molecule has 5 heteroatoms. The molecule has 0 aromatic heterocycles. The topological polar surface area (TPSA) is 56.8 Å². The van der Waals surface area contributed by atoms with Crippen LogP contribution in [0.2, 0.25) is 0 Å². The fraction of sp³-hybridized carbons (Fsp3) is 0.435. The smallest absolute Gasteiger partial charge is 0.261 e. The van der Waals surface area contributed by atoms with Gasteiger partial charge in [-0.25, -0.2) is 0 Å². The number of amides is 1. The highest BCUT2D eigenvalue weighted by molar-refractivity contribution is 5.81. The minimum atomic E-state index is -0.651. The third-order valence-electron chi connectivity index (χ3n) is 4.81. The van der Waals surface area contributed by atoms with Crippen molar-refractivity contribution in [3.8, 4) is 17.2 Å². The number of aryl methyl sites for hydroxylation is 1. The molecule has 0 unspecified atom stereocenters. The van der Waals surface area contributed by atoms with Crippen molar-refractivity contribution in [1.29, 1.82) is 0 Å². The van der Waals surface area contributed by atoms with Crippen LogP contribution in [0.25, 0.3) is 0 Å². The van der Waals surface area contributed by atoms with Gasteiger partial charge in [-0.05, 0) is 67.6 Å². The molecule has 2 aromatic carbocycles. The summed E-state index contributed by atoms with van der Waals surface area (Å²) in [6.45, 7) is 9.99. The van der Waals surface area contributed by atoms with Gasteiger partial charge in [-0.15, -0.1) is 0 Å². The molecule has 0 aliphatic heterocycles. The number of hydrogen-bond acceptors (Lipinski definition) is 4. The zero-order valence-corrected chi connectivity index (χ0v) is 17.8. The molecule has 0 aliphatic carbocycles. The molecule has 0 radical (unpaired) electrons. The van der Waals surface area contributed by atoms with Crippen LogP contribution >= 0.6 is 0 Å². The summed E-state index contributed by atoms with van der Waals surface area (Å²) in [5.74, 6) is 2.16. The van der Waals surface area contributed by atoms with Gasteiger partial charge in [0, 0.05) is 0 Å². The fourth-order valence-electron chi connectivity index (χ4n) is 3.18. The Labute approximate surface area is 168 Å². The normalized spacial score (nSPS) is 13.0. The third-order valence-corrected chi connectivity index (χ3v) is 4.81. The number of carbonyl (C=O) groups is 1. The number of nitrogens with one attached hydrogen (secondary N) is 1. The molecule has 2 atom stereocenters. The Hall–Kier alpha value is -2.69. The van der Waals surface area contributed by atoms with E-state index in [0.717, 1.165) is 22.4 Å². The van der Waals surface area contributed by atoms with Gasteiger partial charge in [-0.2, -0.15) is 0 Å². The van der Waals surface area contributed by atoms with Crippen LogP contribution in [0.3, 0.4) is 0 Å². The quantitative estimate of drug-likeness (QED) is 0.710. The van der Waals surface area contributed by atoms with Crippen LogP contribution in [0.4, 0.5) is 0 Å². The molecule has 2 rings (SSSR count). The standard InChI is InChI=1S/C23H31NO4/c1-14(2)18-13-19(15(3)12-22(18)27-7)16(4)24-23(25)17(5)28-21-11-9-8-10-20(21)26-6/h8-14,16-17H,1-7H3,(H,24,25)/t16-,17-/m1/s1. The molecule has 0 saturated carbocycles. The van der Waals surface area contributed by atoms with Gasteiger partial charge in [0.2, 0.25) is 0 Å². The largest absolute Gasteiger partial charge is 0.496 e. The zero-order valence-electron chi connectivity index (χ0n) is 17.8. The highest BCUT2D eigenvalue weighted by atomic mass is 16.5. The van der Waals surface area contributed by atoms with E-state index in [9.17, 15) is 4.79 Å². The van der Waals surface area contributed by atoms with E-state index in [2.05, 4.69) is 25.2 Å². The van der Waals surface area contributed by atoms with Gasteiger partial charge >= 0.3 is 0 Å². The van der Waals surface area contributed by atoms with E-state index in [1.807, 2.05) is 32.0 Å². The van der Waals surface area contributed by atoms with Crippen molar-refractivity contribution in [2.75, 3.05) is 14.2 Å². The first kappa shape index (κ1) is 21.6. The van der Waals surface area contributed by atoms with Crippen molar-refractivity contribution in [3.05, 3.63) is 53.1 Å². The van der Waals surface area contributed by atoms with Crippen LogP contribution in [0.5, 0.6) is 17.2 Å². The number of rotatable bonds is 8. The SMILES string of the molecule is COc1ccccc1O[C@H](C)C(=O)N[C@H](C)c1cc(C(C)C)c(OC)cc1C. The van der Waals surface area contributed by atoms with E-state index in [4.69, 9.17) is 14.2 Å². The lowest BCUT2D eigenvalue weighted by molar-refractivity contribution is -0.127. The lowest BCUT2D eigenvalue weighted by Gasteiger charge is -2.23. The number of ether oxygens (including phenoxy) is 3. The maximum Gasteiger partial charge on any atom is 0.261 e. The maximum atomic E-state index is 12.7. The van der Waals surface area contributed by atoms with Gasteiger partial charge in [0.15, 0.2) is 17.6 Å². The Kier molecular flexibility index (Phi) is 7.32. The van der Waals surface area contributed by atoms with E-state index >= 15 is 0 Å². The van der Waals surface area contributed by atoms with Crippen molar-refractivity contribution >= 4 is 5.91 Å². The van der Waals surface area contributed by atoms with Gasteiger partial charge in [0.05, 0.1) is 20.3 Å². The monoisotopic (exact) mass is 385 g/mol. The highest BCUT2D eigenvalue weighted by Gasteiger charge is 2.21. The second-order valence-corrected chi connectivity index (χ2v) is 7.25. The molecule has 2 aromatic rings. The van der Waals surface area contributed by atoms with Crippen LogP contribution in [0.1, 0.15) is 56.3 Å². The molecule has 28 heavy (non-hydrogen) atoms. The van der Waals surface area contributed by atoms with Gasteiger partial charge in [0.1, 0.15) is 5.75 Å². The average Bonchev–Trinajstić information content (AvgIpc) is 2.67. The number of benzene rings is 2. The van der Waals surface area contributed by atoms with Gasteiger partial charge in [0.25, 0.3) is 5.91 Å². The summed E-state index contributed by atoms with van der Waals surface area (Å²) < 4.78 is 16.6. The lowest BCUT2D eigenvalue weighted by Crippen LogP contribution is -2.38. The van der Waals surface area contributed by atoms with Crippen LogP contribution in [-0.4, -0.2) is 26.2 Å². The molecule has 5 nitrogen and oxygen atoms in total. The van der Waals surface area contributed by atoms with Crippen molar-refractivity contribution in [1.82, 2.24) is 5.32 Å². The number of carbonyl (C=O) groups excluding carboxylic acids is 1. The third kappa shape index (κ3) is 4.97. The molecule has 0 bridgehead atoms. The minimum Gasteiger partial charge on any atom is -0.496 e. The predicted octanol–water partition coefficient (Wildman–Crippen LogP) is 4.78. The Morgan fingerprint density at radius 1 is 0.893 bits per heavy atom. The van der Waals surface area contributed by atoms with Crippen LogP contribution in [0, 0.1) is 6.92 Å². The van der Waals surface area contributed by atoms with Crippen LogP contribution in [-0.2, 0) is 4.79 Å². The van der Waals surface area contributed by atoms with Crippen molar-refractivity contribution in [3.63, 3.8) is 0 Å². The van der Waals surface area contributed by atoms with Crippen LogP contribution < -0.4 is 19.5 Å². The van der Waals surface area contributed by atoms with Gasteiger partial charge in [-0.3, -0.25) is 4.79 Å². The highest BCUT2D eigenvalue weighted by Crippen LogP contribution is 2.32. The van der Waals surface area contributed by atoms with E-state index in [-0.39, 0.29) is 11.9 Å². The number of para-hydroxylation sites is 2. The Morgan fingerprint density at radius 3 is 2.07 bits per heavy atom. The van der Waals surface area contributed by atoms with Crippen molar-refractivity contribution < 1.29 is 19.0 Å². The van der Waals surface area contributed by atoms with Crippen molar-refractivity contribution in [2.45, 2.75) is 52.7 Å². The summed E-state index contributed by atoms with van der Waals surface area (Å²) in [5.41, 5.74) is 3.28. The second-order valence-electron chi connectivity index (χ2n) is 7.25. The molecule has 0 fully saturated rings. The summed E-state index contributed by atoms with van der Waals surface area (Å²) in [7, 11) is 3.26. The first-order valence-electron chi connectivity index (χ1n) is 9.56. The molecular weight excluding hydrogens is 354 g/mol. The molecule has 0 heterocycles. The summed E-state index contributed by atoms with van der Waals surface area (Å²) >= 11 is 0. The summed E-state index contributed by atoms with van der Waals surface area (Å²) in [6.07, 6.45) is -0.651. The Morgan fingerprint density at radius 2 is 1.50 bits per heavy atom. The lowest BCUT2D eigenvalue weighted by atomic mass is 9.93. The maximum absolute atomic E-state index is 12.7. The van der Waals surface area contributed by atoms with Crippen LogP contribution in [0.15, 0.2) is 36.4 Å². The summed E-state index contributed by atoms with van der Waals surface area (Å²) in [4.78, 5) is 12.7. The Bertz CT molecular complexity index is 816. The van der Waals surface area contributed by atoms with E-state index < -0.39 is 6.10 Å². The molecule has 0 aliphatic rings. The summed E-state index contributed by atoms with van der Waals surface area (Å²) in [5, 5.41) is 3.05. The average molecular weight is 386 g/mol. The molecule has 0 spiro atoms. The fourth-order valence-corrected chi connectivity index (χ4v) is 3.18. The second kappa shape index (κ2) is 9.49. The number of hydrogen-bond donors (Lipinski definition) is 1. The van der Waals surface area contributed by atoms with Gasteiger partial charge < -0.3 is 19.5 Å². The minimum absolute atomic E-state index is 0.153. The molecular formula is C23H31NO4. The molecule has 0 saturated heterocycles. The molecule has 1 N–H and O–H groups in total. The Balaban J connectivity index is 2.14.